The van der Waals surface area contributed by atoms with Crippen molar-refractivity contribution < 1.29 is 14.6 Å². The Morgan fingerprint density at radius 1 is 1.07 bits per heavy atom. The van der Waals surface area contributed by atoms with E-state index in [-0.39, 0.29) is 5.92 Å². The van der Waals surface area contributed by atoms with E-state index in [9.17, 15) is 9.90 Å². The van der Waals surface area contributed by atoms with Gasteiger partial charge in [0, 0.05) is 23.2 Å². The molecule has 27 heavy (non-hydrogen) atoms. The van der Waals surface area contributed by atoms with E-state index in [1.54, 1.807) is 13.2 Å². The summed E-state index contributed by atoms with van der Waals surface area (Å²) in [6, 6.07) is 5.57. The topological polar surface area (TPSA) is 72.3 Å². The van der Waals surface area contributed by atoms with E-state index in [1.165, 1.54) is 0 Å². The third-order valence-corrected chi connectivity index (χ3v) is 5.90. The number of aryl methyl sites for hydroxylation is 1. The quantitative estimate of drug-likeness (QED) is 0.789. The molecule has 0 saturated heterocycles. The van der Waals surface area contributed by atoms with Crippen LogP contribution in [0, 0.1) is 0 Å². The third kappa shape index (κ3) is 3.43. The van der Waals surface area contributed by atoms with Crippen LogP contribution < -0.4 is 4.74 Å². The molecule has 2 aliphatic carbocycles. The van der Waals surface area contributed by atoms with Crippen molar-refractivity contribution in [1.29, 1.82) is 0 Å². The van der Waals surface area contributed by atoms with Gasteiger partial charge in [-0.15, -0.1) is 0 Å². The molecule has 1 saturated carbocycles. The van der Waals surface area contributed by atoms with Crippen LogP contribution in [0.1, 0.15) is 78.2 Å². The van der Waals surface area contributed by atoms with Crippen LogP contribution in [0.15, 0.2) is 18.2 Å². The van der Waals surface area contributed by atoms with Gasteiger partial charge in [-0.25, -0.2) is 9.78 Å². The normalized spacial score (nSPS) is 17.4. The lowest BCUT2D eigenvalue weighted by atomic mass is 9.88. The Morgan fingerprint density at radius 3 is 2.59 bits per heavy atom. The number of carboxylic acids is 1. The number of nitrogens with zero attached hydrogens (tertiary/aromatic N) is 2. The first-order chi connectivity index (χ1) is 13.2. The van der Waals surface area contributed by atoms with Crippen LogP contribution in [0.5, 0.6) is 5.88 Å². The van der Waals surface area contributed by atoms with Crippen LogP contribution in [0.25, 0.3) is 11.3 Å². The summed E-state index contributed by atoms with van der Waals surface area (Å²) in [5, 5.41) is 10.2. The molecule has 0 bridgehead atoms. The van der Waals surface area contributed by atoms with Gasteiger partial charge in [-0.2, -0.15) is 0 Å². The fraction of sp³-hybridized carbons (Fsp3) is 0.500. The standard InChI is InChI=1S/C22H26N2O3/c1-27-18-13-7-12-17(23-18)19-15-10-3-2-4-11-16(15)24-21(20(19)22(25)26)14-8-5-6-9-14/h7,12-14H,2-6,8-11H2,1H3,(H,25,26). The highest BCUT2D eigenvalue weighted by Crippen LogP contribution is 2.41. The molecule has 1 N–H and O–H groups in total. The lowest BCUT2D eigenvalue weighted by Crippen LogP contribution is -2.15. The second-order valence-corrected chi connectivity index (χ2v) is 7.58. The molecular formula is C22H26N2O3. The van der Waals surface area contributed by atoms with Crippen molar-refractivity contribution in [2.24, 2.45) is 0 Å². The molecule has 5 nitrogen and oxygen atoms in total. The summed E-state index contributed by atoms with van der Waals surface area (Å²) in [6.07, 6.45) is 9.46. The minimum atomic E-state index is -0.893. The molecule has 5 heteroatoms. The summed E-state index contributed by atoms with van der Waals surface area (Å²) in [6.45, 7) is 0. The number of aromatic carboxylic acids is 1. The molecule has 0 unspecified atom stereocenters. The highest BCUT2D eigenvalue weighted by Gasteiger charge is 2.31. The maximum absolute atomic E-state index is 12.4. The summed E-state index contributed by atoms with van der Waals surface area (Å²) < 4.78 is 5.30. The van der Waals surface area contributed by atoms with Gasteiger partial charge >= 0.3 is 5.97 Å². The van der Waals surface area contributed by atoms with Crippen LogP contribution in [-0.4, -0.2) is 28.2 Å². The van der Waals surface area contributed by atoms with E-state index in [1.807, 2.05) is 12.1 Å². The average Bonchev–Trinajstić information content (AvgIpc) is 3.12. The molecule has 2 aromatic rings. The second-order valence-electron chi connectivity index (χ2n) is 7.58. The van der Waals surface area contributed by atoms with E-state index < -0.39 is 5.97 Å². The van der Waals surface area contributed by atoms with E-state index in [0.717, 1.165) is 80.3 Å². The lowest BCUT2D eigenvalue weighted by molar-refractivity contribution is 0.0695. The number of aromatic nitrogens is 2. The van der Waals surface area contributed by atoms with Crippen molar-refractivity contribution in [1.82, 2.24) is 9.97 Å². The summed E-state index contributed by atoms with van der Waals surface area (Å²) in [7, 11) is 1.58. The van der Waals surface area contributed by atoms with Crippen molar-refractivity contribution in [2.45, 2.75) is 63.7 Å². The lowest BCUT2D eigenvalue weighted by Gasteiger charge is -2.21. The highest BCUT2D eigenvalue weighted by atomic mass is 16.5. The Morgan fingerprint density at radius 2 is 1.85 bits per heavy atom. The summed E-state index contributed by atoms with van der Waals surface area (Å²) >= 11 is 0. The Hall–Kier alpha value is -2.43. The minimum Gasteiger partial charge on any atom is -0.481 e. The van der Waals surface area contributed by atoms with Crippen molar-refractivity contribution in [3.63, 3.8) is 0 Å². The van der Waals surface area contributed by atoms with Gasteiger partial charge in [0.25, 0.3) is 0 Å². The van der Waals surface area contributed by atoms with Crippen LogP contribution in [-0.2, 0) is 12.8 Å². The Bertz CT molecular complexity index is 857. The van der Waals surface area contributed by atoms with E-state index in [0.29, 0.717) is 17.1 Å². The number of rotatable bonds is 4. The molecule has 1 fully saturated rings. The van der Waals surface area contributed by atoms with Crippen LogP contribution >= 0.6 is 0 Å². The zero-order chi connectivity index (χ0) is 18.8. The molecule has 0 aromatic carbocycles. The fourth-order valence-corrected chi connectivity index (χ4v) is 4.60. The number of carbonyl (C=O) groups is 1. The minimum absolute atomic E-state index is 0.244. The summed E-state index contributed by atoms with van der Waals surface area (Å²) in [5.41, 5.74) is 4.76. The van der Waals surface area contributed by atoms with Crippen molar-refractivity contribution in [3.05, 3.63) is 40.7 Å². The molecular weight excluding hydrogens is 340 g/mol. The number of hydrogen-bond donors (Lipinski definition) is 1. The molecule has 0 spiro atoms. The predicted octanol–water partition coefficient (Wildman–Crippen LogP) is 4.78. The smallest absolute Gasteiger partial charge is 0.338 e. The maximum atomic E-state index is 12.4. The SMILES string of the molecule is COc1cccc(-c2c3c(nc(C4CCCC4)c2C(=O)O)CCCCC3)n1. The zero-order valence-corrected chi connectivity index (χ0v) is 15.8. The number of carboxylic acid groups (broad SMARTS) is 1. The third-order valence-electron chi connectivity index (χ3n) is 5.90. The second kappa shape index (κ2) is 7.67. The Kier molecular flexibility index (Phi) is 5.10. The first-order valence-corrected chi connectivity index (χ1v) is 9.99. The van der Waals surface area contributed by atoms with Crippen LogP contribution in [0.2, 0.25) is 0 Å². The number of methoxy groups -OCH3 is 1. The molecule has 2 aliphatic rings. The predicted molar refractivity (Wildman–Crippen MR) is 103 cm³/mol. The van der Waals surface area contributed by atoms with Crippen molar-refractivity contribution >= 4 is 5.97 Å². The van der Waals surface area contributed by atoms with Crippen LogP contribution in [0.4, 0.5) is 0 Å². The molecule has 0 aliphatic heterocycles. The molecule has 2 heterocycles. The largest absolute Gasteiger partial charge is 0.481 e. The number of hydrogen-bond acceptors (Lipinski definition) is 4. The Balaban J connectivity index is 2.00. The Labute approximate surface area is 159 Å². The fourth-order valence-electron chi connectivity index (χ4n) is 4.60. The summed E-state index contributed by atoms with van der Waals surface area (Å²) in [5.74, 6) is -0.143. The molecule has 0 atom stereocenters. The number of ether oxygens (including phenoxy) is 1. The number of fused-ring (bicyclic) bond motifs is 1. The zero-order valence-electron chi connectivity index (χ0n) is 15.8. The van der Waals surface area contributed by atoms with Gasteiger partial charge in [-0.05, 0) is 50.2 Å². The van der Waals surface area contributed by atoms with Gasteiger partial charge in [-0.3, -0.25) is 4.98 Å². The van der Waals surface area contributed by atoms with Gasteiger partial charge in [-0.1, -0.05) is 25.3 Å². The van der Waals surface area contributed by atoms with Crippen molar-refractivity contribution in [3.8, 4) is 17.1 Å². The van der Waals surface area contributed by atoms with E-state index in [4.69, 9.17) is 9.72 Å². The van der Waals surface area contributed by atoms with E-state index in [2.05, 4.69) is 4.98 Å². The van der Waals surface area contributed by atoms with Gasteiger partial charge in [0.05, 0.1) is 24.1 Å². The summed E-state index contributed by atoms with van der Waals surface area (Å²) in [4.78, 5) is 22.0. The van der Waals surface area contributed by atoms with E-state index >= 15 is 0 Å². The van der Waals surface area contributed by atoms with Gasteiger partial charge in [0.2, 0.25) is 5.88 Å². The first kappa shape index (κ1) is 18.0. The van der Waals surface area contributed by atoms with Gasteiger partial charge in [0.1, 0.15) is 0 Å². The monoisotopic (exact) mass is 366 g/mol. The molecule has 4 rings (SSSR count). The first-order valence-electron chi connectivity index (χ1n) is 9.99. The maximum Gasteiger partial charge on any atom is 0.338 e. The average molecular weight is 366 g/mol. The van der Waals surface area contributed by atoms with Crippen molar-refractivity contribution in [2.75, 3.05) is 7.11 Å². The number of pyridine rings is 2. The molecule has 142 valence electrons. The molecule has 0 radical (unpaired) electrons. The van der Waals surface area contributed by atoms with Gasteiger partial charge < -0.3 is 9.84 Å². The molecule has 0 amide bonds. The van der Waals surface area contributed by atoms with Crippen LogP contribution in [0.3, 0.4) is 0 Å². The highest BCUT2D eigenvalue weighted by molar-refractivity contribution is 5.98. The van der Waals surface area contributed by atoms with Gasteiger partial charge in [0.15, 0.2) is 0 Å². The molecule has 2 aromatic heterocycles.